The van der Waals surface area contributed by atoms with E-state index in [1.165, 1.54) is 0 Å². The fraction of sp³-hybridized carbons (Fsp3) is 0.700. The molecule has 0 bridgehead atoms. The van der Waals surface area contributed by atoms with E-state index in [1.54, 1.807) is 20.1 Å². The van der Waals surface area contributed by atoms with Gasteiger partial charge in [0.2, 0.25) is 12.0 Å². The molecule has 0 aromatic heterocycles. The van der Waals surface area contributed by atoms with Crippen molar-refractivity contribution in [2.45, 2.75) is 26.6 Å². The summed E-state index contributed by atoms with van der Waals surface area (Å²) < 4.78 is 15.2. The van der Waals surface area contributed by atoms with Crippen LogP contribution in [0.2, 0.25) is 0 Å². The highest BCUT2D eigenvalue weighted by Gasteiger charge is 2.31. The van der Waals surface area contributed by atoms with E-state index < -0.39 is 5.97 Å². The molecule has 1 heterocycles. The highest BCUT2D eigenvalue weighted by molar-refractivity contribution is 5.86. The summed E-state index contributed by atoms with van der Waals surface area (Å²) in [5.41, 5.74) is 0. The highest BCUT2D eigenvalue weighted by Crippen LogP contribution is 2.26. The van der Waals surface area contributed by atoms with E-state index in [0.29, 0.717) is 6.61 Å². The van der Waals surface area contributed by atoms with Gasteiger partial charge < -0.3 is 14.2 Å². The van der Waals surface area contributed by atoms with Gasteiger partial charge in [-0.25, -0.2) is 4.79 Å². The Morgan fingerprint density at radius 3 is 2.71 bits per heavy atom. The summed E-state index contributed by atoms with van der Waals surface area (Å²) in [7, 11) is 1.56. The minimum Gasteiger partial charge on any atom is -0.460 e. The summed E-state index contributed by atoms with van der Waals surface area (Å²) in [6.07, 6.45) is 2.30. The Hall–Kier alpha value is -1.03. The van der Waals surface area contributed by atoms with Crippen molar-refractivity contribution in [3.05, 3.63) is 11.8 Å². The lowest BCUT2D eigenvalue weighted by Crippen LogP contribution is -2.19. The number of carbonyl (C=O) groups excluding carboxylic acids is 1. The van der Waals surface area contributed by atoms with Crippen molar-refractivity contribution in [3.63, 3.8) is 0 Å². The Balaban J connectivity index is 2.60. The van der Waals surface area contributed by atoms with E-state index in [4.69, 9.17) is 14.2 Å². The predicted octanol–water partition coefficient (Wildman–Crippen LogP) is 1.46. The maximum Gasteiger partial charge on any atom is 0.373 e. The Morgan fingerprint density at radius 2 is 2.29 bits per heavy atom. The number of methoxy groups -OCH3 is 1. The molecule has 4 nitrogen and oxygen atoms in total. The summed E-state index contributed by atoms with van der Waals surface area (Å²) in [4.78, 5) is 11.3. The fourth-order valence-corrected chi connectivity index (χ4v) is 1.38. The molecular formula is C10H16O4. The predicted molar refractivity (Wildman–Crippen MR) is 50.4 cm³/mol. The normalized spacial score (nSPS) is 25.5. The number of ether oxygens (including phenoxy) is 3. The Kier molecular flexibility index (Phi) is 3.95. The molecule has 2 atom stereocenters. The maximum atomic E-state index is 11.3. The number of esters is 1. The Labute approximate surface area is 83.8 Å². The summed E-state index contributed by atoms with van der Waals surface area (Å²) >= 11 is 0. The number of hydrogen-bond donors (Lipinski definition) is 0. The number of hydrogen-bond acceptors (Lipinski definition) is 4. The van der Waals surface area contributed by atoms with Crippen LogP contribution in [0.5, 0.6) is 0 Å². The van der Waals surface area contributed by atoms with Crippen molar-refractivity contribution in [1.29, 1.82) is 0 Å². The first kappa shape index (κ1) is 11.0. The van der Waals surface area contributed by atoms with E-state index in [0.717, 1.165) is 6.42 Å². The molecule has 0 fully saturated rings. The first-order valence-corrected chi connectivity index (χ1v) is 4.81. The molecule has 14 heavy (non-hydrogen) atoms. The van der Waals surface area contributed by atoms with Crippen LogP contribution in [0, 0.1) is 5.92 Å². The lowest BCUT2D eigenvalue weighted by atomic mass is 10.1. The summed E-state index contributed by atoms with van der Waals surface area (Å²) in [6, 6.07) is 0. The van der Waals surface area contributed by atoms with Crippen molar-refractivity contribution >= 4 is 5.97 Å². The van der Waals surface area contributed by atoms with Crippen molar-refractivity contribution < 1.29 is 19.0 Å². The quantitative estimate of drug-likeness (QED) is 0.644. The molecule has 0 saturated carbocycles. The van der Waals surface area contributed by atoms with Crippen molar-refractivity contribution in [1.82, 2.24) is 0 Å². The van der Waals surface area contributed by atoms with Gasteiger partial charge in [-0.2, -0.15) is 0 Å². The van der Waals surface area contributed by atoms with Gasteiger partial charge in [0, 0.05) is 13.0 Å². The standard InChI is InChI=1S/C10H16O4/c1-4-7-6-8(9(11)13-5-2)14-10(7)12-3/h6-7,10H,4-5H2,1-3H3/t7-,10+/m0/s1. The van der Waals surface area contributed by atoms with E-state index in [2.05, 4.69) is 0 Å². The van der Waals surface area contributed by atoms with Gasteiger partial charge in [0.05, 0.1) is 6.61 Å². The van der Waals surface area contributed by atoms with Gasteiger partial charge in [0.25, 0.3) is 0 Å². The zero-order valence-electron chi connectivity index (χ0n) is 8.78. The third kappa shape index (κ3) is 2.26. The molecule has 0 saturated heterocycles. The summed E-state index contributed by atoms with van der Waals surface area (Å²) in [5, 5.41) is 0. The van der Waals surface area contributed by atoms with E-state index >= 15 is 0 Å². The second-order valence-corrected chi connectivity index (χ2v) is 3.05. The van der Waals surface area contributed by atoms with Crippen LogP contribution in [-0.4, -0.2) is 26.0 Å². The first-order valence-electron chi connectivity index (χ1n) is 4.81. The first-order chi connectivity index (χ1) is 6.72. The molecule has 4 heteroatoms. The van der Waals surface area contributed by atoms with E-state index in [9.17, 15) is 4.79 Å². The van der Waals surface area contributed by atoms with Gasteiger partial charge in [-0.3, -0.25) is 0 Å². The molecule has 0 aromatic carbocycles. The maximum absolute atomic E-state index is 11.3. The van der Waals surface area contributed by atoms with Crippen LogP contribution in [0.25, 0.3) is 0 Å². The van der Waals surface area contributed by atoms with Crippen LogP contribution in [0.15, 0.2) is 11.8 Å². The average molecular weight is 200 g/mol. The molecule has 0 radical (unpaired) electrons. The molecule has 0 spiro atoms. The van der Waals surface area contributed by atoms with E-state index in [-0.39, 0.29) is 18.0 Å². The second kappa shape index (κ2) is 5.00. The van der Waals surface area contributed by atoms with Crippen LogP contribution >= 0.6 is 0 Å². The molecule has 1 aliphatic rings. The summed E-state index contributed by atoms with van der Waals surface area (Å²) in [5.74, 6) is -0.00421. The number of carbonyl (C=O) groups is 1. The van der Waals surface area contributed by atoms with Crippen LogP contribution in [0.3, 0.4) is 0 Å². The topological polar surface area (TPSA) is 44.8 Å². The van der Waals surface area contributed by atoms with Gasteiger partial charge in [-0.15, -0.1) is 0 Å². The summed E-state index contributed by atoms with van der Waals surface area (Å²) in [6.45, 7) is 4.14. The van der Waals surface area contributed by atoms with Gasteiger partial charge in [-0.05, 0) is 19.4 Å². The Morgan fingerprint density at radius 1 is 1.57 bits per heavy atom. The van der Waals surface area contributed by atoms with Gasteiger partial charge >= 0.3 is 5.97 Å². The smallest absolute Gasteiger partial charge is 0.373 e. The van der Waals surface area contributed by atoms with Crippen LogP contribution in [0.4, 0.5) is 0 Å². The molecule has 0 N–H and O–H groups in total. The molecule has 0 amide bonds. The van der Waals surface area contributed by atoms with Crippen molar-refractivity contribution in [3.8, 4) is 0 Å². The Bertz CT molecular complexity index is 234. The zero-order valence-corrected chi connectivity index (χ0v) is 8.78. The second-order valence-electron chi connectivity index (χ2n) is 3.05. The third-order valence-electron chi connectivity index (χ3n) is 2.14. The highest BCUT2D eigenvalue weighted by atomic mass is 16.7. The van der Waals surface area contributed by atoms with Gasteiger partial charge in [0.1, 0.15) is 0 Å². The SMILES string of the molecule is CCOC(=O)C1=C[C@H](CC)[C@H](OC)O1. The lowest BCUT2D eigenvalue weighted by molar-refractivity contribution is -0.151. The molecule has 1 aliphatic heterocycles. The van der Waals surface area contributed by atoms with Gasteiger partial charge in [0.15, 0.2) is 0 Å². The molecule has 80 valence electrons. The van der Waals surface area contributed by atoms with E-state index in [1.807, 2.05) is 6.92 Å². The molecule has 0 aromatic rings. The van der Waals surface area contributed by atoms with Crippen molar-refractivity contribution in [2.75, 3.05) is 13.7 Å². The zero-order chi connectivity index (χ0) is 10.6. The number of rotatable bonds is 4. The van der Waals surface area contributed by atoms with Gasteiger partial charge in [-0.1, -0.05) is 6.92 Å². The molecular weight excluding hydrogens is 184 g/mol. The molecule has 1 rings (SSSR count). The fourth-order valence-electron chi connectivity index (χ4n) is 1.38. The van der Waals surface area contributed by atoms with Crippen LogP contribution in [0.1, 0.15) is 20.3 Å². The van der Waals surface area contributed by atoms with Crippen LogP contribution in [-0.2, 0) is 19.0 Å². The minimum absolute atomic E-state index is 0.138. The molecule has 0 aliphatic carbocycles. The van der Waals surface area contributed by atoms with Crippen LogP contribution < -0.4 is 0 Å². The minimum atomic E-state index is -0.412. The monoisotopic (exact) mass is 200 g/mol. The molecule has 0 unspecified atom stereocenters. The largest absolute Gasteiger partial charge is 0.460 e. The van der Waals surface area contributed by atoms with Crippen molar-refractivity contribution in [2.24, 2.45) is 5.92 Å². The third-order valence-corrected chi connectivity index (χ3v) is 2.14. The average Bonchev–Trinajstić information content (AvgIpc) is 2.61. The lowest BCUT2D eigenvalue weighted by Gasteiger charge is -2.15.